The van der Waals surface area contributed by atoms with Crippen LogP contribution in [-0.2, 0) is 9.05 Å². The zero-order valence-corrected chi connectivity index (χ0v) is 13.6. The van der Waals surface area contributed by atoms with Crippen molar-refractivity contribution in [2.75, 3.05) is 6.61 Å². The van der Waals surface area contributed by atoms with Crippen LogP contribution in [0, 0.1) is 5.92 Å². The predicted octanol–water partition coefficient (Wildman–Crippen LogP) is 4.34. The maximum absolute atomic E-state index is 11.2. The van der Waals surface area contributed by atoms with Crippen LogP contribution < -0.4 is 4.74 Å². The van der Waals surface area contributed by atoms with Crippen LogP contribution in [-0.4, -0.2) is 15.0 Å². The topological polar surface area (TPSA) is 43.4 Å². The molecule has 3 nitrogen and oxygen atoms in total. The van der Waals surface area contributed by atoms with E-state index in [1.165, 1.54) is 44.2 Å². The minimum Gasteiger partial charge on any atom is -0.492 e. The molecule has 106 valence electrons. The number of hydrogen-bond acceptors (Lipinski definition) is 3. The number of hydrogen-bond donors (Lipinski definition) is 0. The highest BCUT2D eigenvalue weighted by Crippen LogP contribution is 2.31. The summed E-state index contributed by atoms with van der Waals surface area (Å²) in [5.74, 6) is 1.27. The van der Waals surface area contributed by atoms with Gasteiger partial charge in [0.15, 0.2) is 0 Å². The molecule has 6 heteroatoms. The van der Waals surface area contributed by atoms with Gasteiger partial charge < -0.3 is 4.74 Å². The third-order valence-corrected chi connectivity index (χ3v) is 5.36. The molecule has 0 aliphatic heterocycles. The number of ether oxygens (including phenoxy) is 1. The zero-order chi connectivity index (χ0) is 13.9. The van der Waals surface area contributed by atoms with E-state index < -0.39 is 9.05 Å². The Bertz CT molecular complexity index is 539. The second kappa shape index (κ2) is 6.46. The molecular formula is C13H16BrClO3S. The van der Waals surface area contributed by atoms with Gasteiger partial charge in [-0.1, -0.05) is 19.3 Å². The number of rotatable bonds is 4. The molecule has 1 fully saturated rings. The summed E-state index contributed by atoms with van der Waals surface area (Å²) < 4.78 is 28.8. The first-order valence-corrected chi connectivity index (χ1v) is 9.44. The summed E-state index contributed by atoms with van der Waals surface area (Å²) in [6.45, 7) is 0.686. The van der Waals surface area contributed by atoms with Gasteiger partial charge in [0.1, 0.15) is 5.75 Å². The van der Waals surface area contributed by atoms with E-state index in [1.54, 1.807) is 6.07 Å². The van der Waals surface area contributed by atoms with Crippen LogP contribution in [0.15, 0.2) is 27.6 Å². The van der Waals surface area contributed by atoms with E-state index in [0.29, 0.717) is 22.7 Å². The molecule has 0 unspecified atom stereocenters. The first-order valence-electron chi connectivity index (χ1n) is 6.34. The molecule has 0 amide bonds. The molecule has 0 N–H and O–H groups in total. The summed E-state index contributed by atoms with van der Waals surface area (Å²) in [4.78, 5) is 0.0751. The molecule has 1 aromatic carbocycles. The fourth-order valence-electron chi connectivity index (χ4n) is 2.31. The van der Waals surface area contributed by atoms with Crippen molar-refractivity contribution < 1.29 is 13.2 Å². The lowest BCUT2D eigenvalue weighted by atomic mass is 9.90. The normalized spacial score (nSPS) is 17.4. The van der Waals surface area contributed by atoms with E-state index in [4.69, 9.17) is 15.4 Å². The molecule has 0 spiro atoms. The van der Waals surface area contributed by atoms with Gasteiger partial charge in [0.25, 0.3) is 9.05 Å². The molecule has 2 rings (SSSR count). The SMILES string of the molecule is O=S(=O)(Cl)c1ccc(OCC2CCCCC2)c(Br)c1. The fourth-order valence-corrected chi connectivity index (χ4v) is 3.73. The lowest BCUT2D eigenvalue weighted by Gasteiger charge is -2.22. The van der Waals surface area contributed by atoms with Crippen molar-refractivity contribution in [2.24, 2.45) is 5.92 Å². The van der Waals surface area contributed by atoms with E-state index >= 15 is 0 Å². The highest BCUT2D eigenvalue weighted by molar-refractivity contribution is 9.10. The summed E-state index contributed by atoms with van der Waals surface area (Å²) in [5, 5.41) is 0. The first kappa shape index (κ1) is 15.1. The van der Waals surface area contributed by atoms with Crippen LogP contribution >= 0.6 is 26.6 Å². The second-order valence-corrected chi connectivity index (χ2v) is 8.27. The summed E-state index contributed by atoms with van der Waals surface area (Å²) in [7, 11) is 1.60. The zero-order valence-electron chi connectivity index (χ0n) is 10.4. The Kier molecular flexibility index (Phi) is 5.15. The van der Waals surface area contributed by atoms with Crippen molar-refractivity contribution in [3.8, 4) is 5.75 Å². The number of halogens is 2. The van der Waals surface area contributed by atoms with Gasteiger partial charge in [0.05, 0.1) is 16.0 Å². The molecule has 0 aromatic heterocycles. The van der Waals surface area contributed by atoms with Gasteiger partial charge in [-0.2, -0.15) is 0 Å². The van der Waals surface area contributed by atoms with Crippen LogP contribution in [0.1, 0.15) is 32.1 Å². The summed E-state index contributed by atoms with van der Waals surface area (Å²) in [5.41, 5.74) is 0. The Morgan fingerprint density at radius 1 is 1.26 bits per heavy atom. The smallest absolute Gasteiger partial charge is 0.261 e. The molecule has 0 heterocycles. The van der Waals surface area contributed by atoms with Crippen molar-refractivity contribution in [2.45, 2.75) is 37.0 Å². The average Bonchev–Trinajstić information content (AvgIpc) is 2.37. The van der Waals surface area contributed by atoms with Crippen LogP contribution in [0.5, 0.6) is 5.75 Å². The van der Waals surface area contributed by atoms with E-state index in [-0.39, 0.29) is 4.90 Å². The Morgan fingerprint density at radius 2 is 1.95 bits per heavy atom. The number of benzene rings is 1. The molecule has 0 radical (unpaired) electrons. The van der Waals surface area contributed by atoms with Crippen molar-refractivity contribution in [1.29, 1.82) is 0 Å². The summed E-state index contributed by atoms with van der Waals surface area (Å²) in [6, 6.07) is 4.57. The van der Waals surface area contributed by atoms with Gasteiger partial charge in [-0.25, -0.2) is 8.42 Å². The van der Waals surface area contributed by atoms with E-state index in [9.17, 15) is 8.42 Å². The molecule has 1 aliphatic carbocycles. The highest BCUT2D eigenvalue weighted by atomic mass is 79.9. The quantitative estimate of drug-likeness (QED) is 0.744. The molecule has 1 aromatic rings. The lowest BCUT2D eigenvalue weighted by Crippen LogP contribution is -2.15. The van der Waals surface area contributed by atoms with Crippen molar-refractivity contribution in [3.05, 3.63) is 22.7 Å². The predicted molar refractivity (Wildman–Crippen MR) is 79.3 cm³/mol. The maximum atomic E-state index is 11.2. The van der Waals surface area contributed by atoms with Gasteiger partial charge in [0, 0.05) is 10.7 Å². The van der Waals surface area contributed by atoms with Gasteiger partial charge in [-0.05, 0) is 52.9 Å². The third-order valence-electron chi connectivity index (χ3n) is 3.38. The van der Waals surface area contributed by atoms with E-state index in [0.717, 1.165) is 0 Å². The average molecular weight is 368 g/mol. The van der Waals surface area contributed by atoms with Gasteiger partial charge in [0.2, 0.25) is 0 Å². The third kappa shape index (κ3) is 4.36. The Hall–Kier alpha value is -0.260. The largest absolute Gasteiger partial charge is 0.492 e. The Morgan fingerprint density at radius 3 is 2.53 bits per heavy atom. The monoisotopic (exact) mass is 366 g/mol. The fraction of sp³-hybridized carbons (Fsp3) is 0.538. The van der Waals surface area contributed by atoms with Crippen molar-refractivity contribution in [3.63, 3.8) is 0 Å². The molecular weight excluding hydrogens is 352 g/mol. The maximum Gasteiger partial charge on any atom is 0.261 e. The first-order chi connectivity index (χ1) is 8.97. The minimum absolute atomic E-state index is 0.0751. The van der Waals surface area contributed by atoms with Crippen LogP contribution in [0.2, 0.25) is 0 Å². The summed E-state index contributed by atoms with van der Waals surface area (Å²) >= 11 is 3.32. The molecule has 19 heavy (non-hydrogen) atoms. The molecule has 1 saturated carbocycles. The molecule has 1 aliphatic rings. The van der Waals surface area contributed by atoms with Gasteiger partial charge in [-0.3, -0.25) is 0 Å². The van der Waals surface area contributed by atoms with Crippen LogP contribution in [0.3, 0.4) is 0 Å². The minimum atomic E-state index is -3.69. The molecule has 0 saturated heterocycles. The lowest BCUT2D eigenvalue weighted by molar-refractivity contribution is 0.208. The van der Waals surface area contributed by atoms with Crippen LogP contribution in [0.25, 0.3) is 0 Å². The van der Waals surface area contributed by atoms with E-state index in [2.05, 4.69) is 15.9 Å². The van der Waals surface area contributed by atoms with Crippen molar-refractivity contribution >= 4 is 35.7 Å². The second-order valence-electron chi connectivity index (χ2n) is 4.85. The summed E-state index contributed by atoms with van der Waals surface area (Å²) in [6.07, 6.45) is 6.30. The Balaban J connectivity index is 2.01. The Labute approximate surface area is 126 Å². The van der Waals surface area contributed by atoms with Crippen LogP contribution in [0.4, 0.5) is 0 Å². The molecule has 0 atom stereocenters. The van der Waals surface area contributed by atoms with Gasteiger partial charge >= 0.3 is 0 Å². The van der Waals surface area contributed by atoms with Crippen molar-refractivity contribution in [1.82, 2.24) is 0 Å². The molecule has 0 bridgehead atoms. The van der Waals surface area contributed by atoms with E-state index in [1.807, 2.05) is 0 Å². The highest BCUT2D eigenvalue weighted by Gasteiger charge is 2.16. The standard InChI is InChI=1S/C13H16BrClO3S/c14-12-8-11(19(15,16)17)6-7-13(12)18-9-10-4-2-1-3-5-10/h6-8,10H,1-5,9H2. The van der Waals surface area contributed by atoms with Gasteiger partial charge in [-0.15, -0.1) is 0 Å².